The number of hydrogen-bond donors (Lipinski definition) is 0. The third kappa shape index (κ3) is 4.84. The number of ether oxygens (including phenoxy) is 2. The molecule has 36 heavy (non-hydrogen) atoms. The van der Waals surface area contributed by atoms with Crippen molar-refractivity contribution in [1.29, 1.82) is 0 Å². The van der Waals surface area contributed by atoms with Crippen molar-refractivity contribution in [2.75, 3.05) is 31.7 Å². The fourth-order valence-corrected chi connectivity index (χ4v) is 7.94. The molecule has 3 aromatic rings. The molecule has 1 aromatic heterocycles. The molecule has 2 aromatic carbocycles. The largest absolute Gasteiger partial charge is 0.497 e. The van der Waals surface area contributed by atoms with E-state index in [9.17, 15) is 13.2 Å². The predicted molar refractivity (Wildman–Crippen MR) is 141 cm³/mol. The summed E-state index contributed by atoms with van der Waals surface area (Å²) in [6, 6.07) is 9.12. The Balaban J connectivity index is 1.49. The van der Waals surface area contributed by atoms with Gasteiger partial charge in [0.05, 0.1) is 34.9 Å². The SMILES string of the molecule is COc1ccc(S(=O)(=O)N2CCCC2C(=O)N(CC2CCCO2)c2nc3c(C)cc(Cl)cc3s2)cc1. The fourth-order valence-electron chi connectivity index (χ4n) is 4.85. The number of fused-ring (bicyclic) bond motifs is 1. The van der Waals surface area contributed by atoms with Crippen molar-refractivity contribution < 1.29 is 22.7 Å². The van der Waals surface area contributed by atoms with Crippen LogP contribution in [0.4, 0.5) is 5.13 Å². The van der Waals surface area contributed by atoms with Gasteiger partial charge in [0.1, 0.15) is 11.8 Å². The van der Waals surface area contributed by atoms with Gasteiger partial charge in [-0.3, -0.25) is 9.69 Å². The molecule has 2 fully saturated rings. The summed E-state index contributed by atoms with van der Waals surface area (Å²) in [6.07, 6.45) is 2.72. The first-order chi connectivity index (χ1) is 17.3. The maximum Gasteiger partial charge on any atom is 0.247 e. The molecule has 0 N–H and O–H groups in total. The van der Waals surface area contributed by atoms with Crippen LogP contribution in [0.3, 0.4) is 0 Å². The van der Waals surface area contributed by atoms with Gasteiger partial charge >= 0.3 is 0 Å². The van der Waals surface area contributed by atoms with E-state index < -0.39 is 16.1 Å². The first kappa shape index (κ1) is 25.4. The number of halogens is 1. The number of benzene rings is 2. The lowest BCUT2D eigenvalue weighted by Crippen LogP contribution is -2.49. The molecule has 192 valence electrons. The van der Waals surface area contributed by atoms with Crippen LogP contribution < -0.4 is 9.64 Å². The quantitative estimate of drug-likeness (QED) is 0.427. The van der Waals surface area contributed by atoms with Crippen LogP contribution in [0.15, 0.2) is 41.3 Å². The van der Waals surface area contributed by atoms with Crippen molar-refractivity contribution in [3.05, 3.63) is 47.0 Å². The third-order valence-corrected chi connectivity index (χ3v) is 9.87. The van der Waals surface area contributed by atoms with E-state index in [1.54, 1.807) is 17.0 Å². The molecule has 3 heterocycles. The van der Waals surface area contributed by atoms with E-state index in [0.29, 0.717) is 41.9 Å². The summed E-state index contributed by atoms with van der Waals surface area (Å²) in [5, 5.41) is 1.14. The van der Waals surface area contributed by atoms with E-state index in [1.165, 1.54) is 34.9 Å². The second kappa shape index (κ2) is 10.3. The number of thiazole rings is 1. The summed E-state index contributed by atoms with van der Waals surface area (Å²) in [5.74, 6) is 0.292. The predicted octanol–water partition coefficient (Wildman–Crippen LogP) is 4.63. The number of sulfonamides is 1. The highest BCUT2D eigenvalue weighted by atomic mass is 35.5. The highest BCUT2D eigenvalue weighted by molar-refractivity contribution is 7.89. The van der Waals surface area contributed by atoms with Gasteiger partial charge in [-0.25, -0.2) is 13.4 Å². The van der Waals surface area contributed by atoms with Gasteiger partial charge in [-0.15, -0.1) is 0 Å². The Morgan fingerprint density at radius 3 is 2.72 bits per heavy atom. The zero-order valence-electron chi connectivity index (χ0n) is 20.1. The molecule has 8 nitrogen and oxygen atoms in total. The van der Waals surface area contributed by atoms with E-state index in [0.717, 1.165) is 28.6 Å². The average Bonchev–Trinajstić information content (AvgIpc) is 3.63. The Hall–Kier alpha value is -2.24. The number of nitrogens with zero attached hydrogens (tertiary/aromatic N) is 3. The minimum absolute atomic E-state index is 0.112. The second-order valence-electron chi connectivity index (χ2n) is 9.10. The lowest BCUT2D eigenvalue weighted by atomic mass is 10.2. The van der Waals surface area contributed by atoms with Crippen LogP contribution in [0.25, 0.3) is 10.2 Å². The molecule has 0 saturated carbocycles. The van der Waals surface area contributed by atoms with Crippen molar-refractivity contribution in [3.63, 3.8) is 0 Å². The molecule has 2 aliphatic rings. The van der Waals surface area contributed by atoms with Crippen LogP contribution in [0.2, 0.25) is 5.02 Å². The highest BCUT2D eigenvalue weighted by Crippen LogP contribution is 2.36. The summed E-state index contributed by atoms with van der Waals surface area (Å²) < 4.78 is 40.3. The Morgan fingerprint density at radius 1 is 1.25 bits per heavy atom. The molecular weight excluding hydrogens is 522 g/mol. The number of rotatable bonds is 7. The van der Waals surface area contributed by atoms with E-state index in [2.05, 4.69) is 0 Å². The summed E-state index contributed by atoms with van der Waals surface area (Å²) >= 11 is 7.65. The van der Waals surface area contributed by atoms with Crippen LogP contribution >= 0.6 is 22.9 Å². The molecule has 2 unspecified atom stereocenters. The number of aromatic nitrogens is 1. The third-order valence-electron chi connectivity index (χ3n) is 6.70. The van der Waals surface area contributed by atoms with Gasteiger partial charge in [-0.05, 0) is 74.6 Å². The Bertz CT molecular complexity index is 1370. The van der Waals surface area contributed by atoms with Crippen molar-refractivity contribution >= 4 is 54.2 Å². The number of aryl methyl sites for hydroxylation is 1. The van der Waals surface area contributed by atoms with E-state index >= 15 is 0 Å². The molecule has 5 rings (SSSR count). The summed E-state index contributed by atoms with van der Waals surface area (Å²) in [4.78, 5) is 20.6. The van der Waals surface area contributed by atoms with Crippen LogP contribution in [0.5, 0.6) is 5.75 Å². The minimum atomic E-state index is -3.87. The molecule has 2 atom stereocenters. The number of anilines is 1. The monoisotopic (exact) mass is 549 g/mol. The number of amides is 1. The topological polar surface area (TPSA) is 89.0 Å². The number of methoxy groups -OCH3 is 1. The van der Waals surface area contributed by atoms with Crippen molar-refractivity contribution in [1.82, 2.24) is 9.29 Å². The Labute approximate surface area is 219 Å². The van der Waals surface area contributed by atoms with Crippen molar-refractivity contribution in [3.8, 4) is 5.75 Å². The van der Waals surface area contributed by atoms with Crippen LogP contribution in [0, 0.1) is 6.92 Å². The van der Waals surface area contributed by atoms with Gasteiger partial charge in [0, 0.05) is 18.2 Å². The fraction of sp³-hybridized carbons (Fsp3) is 0.440. The molecule has 0 aliphatic carbocycles. The van der Waals surface area contributed by atoms with Gasteiger partial charge in [0.25, 0.3) is 0 Å². The average molecular weight is 550 g/mol. The lowest BCUT2D eigenvalue weighted by molar-refractivity contribution is -0.122. The van der Waals surface area contributed by atoms with E-state index in [-0.39, 0.29) is 23.5 Å². The molecule has 2 saturated heterocycles. The highest BCUT2D eigenvalue weighted by Gasteiger charge is 2.42. The molecule has 11 heteroatoms. The zero-order chi connectivity index (χ0) is 25.4. The maximum absolute atomic E-state index is 14.0. The summed E-state index contributed by atoms with van der Waals surface area (Å²) in [6.45, 7) is 3.21. The van der Waals surface area contributed by atoms with Crippen LogP contribution in [-0.4, -0.2) is 62.6 Å². The van der Waals surface area contributed by atoms with Gasteiger partial charge in [-0.2, -0.15) is 4.31 Å². The summed E-state index contributed by atoms with van der Waals surface area (Å²) in [7, 11) is -2.35. The molecule has 0 radical (unpaired) electrons. The number of carbonyl (C=O) groups excluding carboxylic acids is 1. The van der Waals surface area contributed by atoms with Crippen molar-refractivity contribution in [2.45, 2.75) is 49.6 Å². The molecule has 0 bridgehead atoms. The first-order valence-corrected chi connectivity index (χ1v) is 14.6. The standard InChI is InChI=1S/C25H28ClN3O5S2/c1-16-13-17(26)14-22-23(16)27-25(35-22)28(15-19-5-4-12-34-19)24(30)21-6-3-11-29(21)36(31,32)20-9-7-18(33-2)8-10-20/h7-10,13-14,19,21H,3-6,11-12,15H2,1-2H3. The number of hydrogen-bond acceptors (Lipinski definition) is 7. The van der Waals surface area contributed by atoms with Gasteiger partial charge in [0.15, 0.2) is 5.13 Å². The second-order valence-corrected chi connectivity index (χ2v) is 12.4. The molecular formula is C25H28ClN3O5S2. The minimum Gasteiger partial charge on any atom is -0.497 e. The first-order valence-electron chi connectivity index (χ1n) is 11.9. The Kier molecular flexibility index (Phi) is 7.24. The Morgan fingerprint density at radius 2 is 2.03 bits per heavy atom. The maximum atomic E-state index is 14.0. The van der Waals surface area contributed by atoms with Gasteiger partial charge in [-0.1, -0.05) is 22.9 Å². The molecule has 0 spiro atoms. The van der Waals surface area contributed by atoms with Crippen molar-refractivity contribution in [2.24, 2.45) is 0 Å². The molecule has 1 amide bonds. The van der Waals surface area contributed by atoms with Gasteiger partial charge < -0.3 is 9.47 Å². The van der Waals surface area contributed by atoms with Crippen LogP contribution in [-0.2, 0) is 19.6 Å². The van der Waals surface area contributed by atoms with Gasteiger partial charge in [0.2, 0.25) is 15.9 Å². The normalized spacial score (nSPS) is 20.8. The number of carbonyl (C=O) groups is 1. The lowest BCUT2D eigenvalue weighted by Gasteiger charge is -2.29. The molecule has 2 aliphatic heterocycles. The van der Waals surface area contributed by atoms with Crippen LogP contribution in [0.1, 0.15) is 31.2 Å². The van der Waals surface area contributed by atoms with E-state index in [4.69, 9.17) is 26.1 Å². The smallest absolute Gasteiger partial charge is 0.247 e. The van der Waals surface area contributed by atoms with E-state index in [1.807, 2.05) is 19.1 Å². The summed E-state index contributed by atoms with van der Waals surface area (Å²) in [5.41, 5.74) is 1.72. The zero-order valence-corrected chi connectivity index (χ0v) is 22.5.